The molecule has 2 aliphatic rings. The van der Waals surface area contributed by atoms with E-state index in [1.165, 1.54) is 0 Å². The first-order valence-corrected chi connectivity index (χ1v) is 11.4. The molecule has 0 atom stereocenters. The van der Waals surface area contributed by atoms with Gasteiger partial charge >= 0.3 is 0 Å². The predicted octanol–water partition coefficient (Wildman–Crippen LogP) is 1.61. The molecule has 0 aromatic carbocycles. The van der Waals surface area contributed by atoms with Gasteiger partial charge in [-0.2, -0.15) is 0 Å². The maximum absolute atomic E-state index is 13.1. The van der Waals surface area contributed by atoms with Crippen LogP contribution in [0.5, 0.6) is 0 Å². The molecule has 2 fully saturated rings. The van der Waals surface area contributed by atoms with Crippen molar-refractivity contribution in [3.8, 4) is 11.4 Å². The largest absolute Gasteiger partial charge is 0.367 e. The van der Waals surface area contributed by atoms with Crippen LogP contribution in [0.2, 0.25) is 0 Å². The summed E-state index contributed by atoms with van der Waals surface area (Å²) >= 11 is 0. The van der Waals surface area contributed by atoms with Gasteiger partial charge < -0.3 is 25.8 Å². The number of nitrogens with zero attached hydrogens (tertiary/aromatic N) is 5. The standard InChI is InChI=1S/C24H28N8O/c33-24(30-21-17-27-8-7-22(21)31-13-9-25-10-14-31)20-5-1-3-18(28-20)19-4-2-6-23(29-19)32-15-11-26-12-16-32/h1-8,17,25-26H,9-16H2,(H,30,33). The van der Waals surface area contributed by atoms with Crippen molar-refractivity contribution < 1.29 is 4.79 Å². The lowest BCUT2D eigenvalue weighted by Crippen LogP contribution is -2.43. The number of hydrogen-bond acceptors (Lipinski definition) is 8. The summed E-state index contributed by atoms with van der Waals surface area (Å²) in [6.07, 6.45) is 3.45. The molecule has 3 aromatic rings. The van der Waals surface area contributed by atoms with Crippen LogP contribution in [-0.4, -0.2) is 73.2 Å². The minimum absolute atomic E-state index is 0.264. The Labute approximate surface area is 193 Å². The van der Waals surface area contributed by atoms with Crippen molar-refractivity contribution >= 4 is 23.1 Å². The average Bonchev–Trinajstić information content (AvgIpc) is 2.90. The molecular formula is C24H28N8O. The summed E-state index contributed by atoms with van der Waals surface area (Å²) in [6, 6.07) is 13.3. The maximum atomic E-state index is 13.1. The lowest BCUT2D eigenvalue weighted by molar-refractivity contribution is 0.102. The third kappa shape index (κ3) is 4.94. The zero-order chi connectivity index (χ0) is 22.5. The molecule has 0 spiro atoms. The zero-order valence-corrected chi connectivity index (χ0v) is 18.5. The zero-order valence-electron chi connectivity index (χ0n) is 18.5. The molecule has 9 heteroatoms. The number of carbonyl (C=O) groups is 1. The predicted molar refractivity (Wildman–Crippen MR) is 130 cm³/mol. The van der Waals surface area contributed by atoms with Gasteiger partial charge in [0.2, 0.25) is 0 Å². The van der Waals surface area contributed by atoms with Crippen LogP contribution in [0.4, 0.5) is 17.2 Å². The highest BCUT2D eigenvalue weighted by molar-refractivity contribution is 6.04. The molecule has 0 bridgehead atoms. The fourth-order valence-electron chi connectivity index (χ4n) is 4.19. The molecule has 2 saturated heterocycles. The molecule has 5 heterocycles. The Kier molecular flexibility index (Phi) is 6.41. The molecule has 0 unspecified atom stereocenters. The smallest absolute Gasteiger partial charge is 0.274 e. The molecule has 0 saturated carbocycles. The minimum atomic E-state index is -0.264. The Morgan fingerprint density at radius 2 is 1.48 bits per heavy atom. The fourth-order valence-corrected chi connectivity index (χ4v) is 4.19. The van der Waals surface area contributed by atoms with Crippen LogP contribution in [0.1, 0.15) is 10.5 Å². The van der Waals surface area contributed by atoms with Gasteiger partial charge in [-0.3, -0.25) is 9.78 Å². The van der Waals surface area contributed by atoms with Crippen LogP contribution >= 0.6 is 0 Å². The Morgan fingerprint density at radius 1 is 0.818 bits per heavy atom. The van der Waals surface area contributed by atoms with Crippen molar-refractivity contribution in [3.05, 3.63) is 60.6 Å². The molecule has 0 radical (unpaired) electrons. The van der Waals surface area contributed by atoms with Gasteiger partial charge in [-0.15, -0.1) is 0 Å². The SMILES string of the molecule is O=C(Nc1cnccc1N1CCNCC1)c1cccc(-c2cccc(N3CCNCC3)n2)n1. The van der Waals surface area contributed by atoms with E-state index >= 15 is 0 Å². The summed E-state index contributed by atoms with van der Waals surface area (Å²) in [5, 5.41) is 9.71. The maximum Gasteiger partial charge on any atom is 0.274 e. The summed E-state index contributed by atoms with van der Waals surface area (Å²) in [5.74, 6) is 0.668. The van der Waals surface area contributed by atoms with Gasteiger partial charge in [0.15, 0.2) is 0 Å². The van der Waals surface area contributed by atoms with Crippen LogP contribution < -0.4 is 25.8 Å². The van der Waals surface area contributed by atoms with E-state index in [2.05, 4.69) is 35.7 Å². The molecule has 3 N–H and O–H groups in total. The summed E-state index contributed by atoms with van der Waals surface area (Å²) in [5.41, 5.74) is 3.44. The van der Waals surface area contributed by atoms with E-state index in [-0.39, 0.29) is 5.91 Å². The topological polar surface area (TPSA) is 98.3 Å². The van der Waals surface area contributed by atoms with E-state index < -0.39 is 0 Å². The van der Waals surface area contributed by atoms with Crippen LogP contribution in [-0.2, 0) is 0 Å². The summed E-state index contributed by atoms with van der Waals surface area (Å²) < 4.78 is 0. The van der Waals surface area contributed by atoms with E-state index in [0.29, 0.717) is 17.1 Å². The number of piperazine rings is 2. The molecule has 2 aliphatic heterocycles. The number of nitrogens with one attached hydrogen (secondary N) is 3. The quantitative estimate of drug-likeness (QED) is 0.546. The second-order valence-electron chi connectivity index (χ2n) is 8.11. The van der Waals surface area contributed by atoms with Gasteiger partial charge in [-0.05, 0) is 30.3 Å². The van der Waals surface area contributed by atoms with Crippen molar-refractivity contribution in [2.75, 3.05) is 67.5 Å². The number of rotatable bonds is 5. The van der Waals surface area contributed by atoms with Crippen LogP contribution in [0, 0.1) is 0 Å². The molecule has 3 aromatic heterocycles. The minimum Gasteiger partial charge on any atom is -0.367 e. The summed E-state index contributed by atoms with van der Waals surface area (Å²) in [4.78, 5) is 31.2. The fraction of sp³-hybridized carbons (Fsp3) is 0.333. The summed E-state index contributed by atoms with van der Waals surface area (Å²) in [6.45, 7) is 7.35. The molecule has 0 aliphatic carbocycles. The highest BCUT2D eigenvalue weighted by Crippen LogP contribution is 2.26. The number of hydrogen-bond donors (Lipinski definition) is 3. The Bertz CT molecular complexity index is 1110. The first kappa shape index (κ1) is 21.3. The van der Waals surface area contributed by atoms with Gasteiger partial charge in [-0.1, -0.05) is 12.1 Å². The Balaban J connectivity index is 1.35. The van der Waals surface area contributed by atoms with Crippen molar-refractivity contribution in [1.29, 1.82) is 0 Å². The number of aromatic nitrogens is 3. The van der Waals surface area contributed by atoms with E-state index in [1.807, 2.05) is 36.4 Å². The van der Waals surface area contributed by atoms with Gasteiger partial charge in [0.1, 0.15) is 11.5 Å². The Morgan fingerprint density at radius 3 is 2.24 bits per heavy atom. The van der Waals surface area contributed by atoms with Crippen LogP contribution in [0.15, 0.2) is 54.9 Å². The van der Waals surface area contributed by atoms with Crippen molar-refractivity contribution in [3.63, 3.8) is 0 Å². The third-order valence-electron chi connectivity index (χ3n) is 5.92. The third-order valence-corrected chi connectivity index (χ3v) is 5.92. The van der Waals surface area contributed by atoms with E-state index in [0.717, 1.165) is 69.6 Å². The van der Waals surface area contributed by atoms with Gasteiger partial charge in [0, 0.05) is 58.6 Å². The first-order chi connectivity index (χ1) is 16.3. The van der Waals surface area contributed by atoms with E-state index in [1.54, 1.807) is 18.5 Å². The average molecular weight is 445 g/mol. The number of pyridine rings is 3. The highest BCUT2D eigenvalue weighted by atomic mass is 16.1. The number of carbonyl (C=O) groups excluding carboxylic acids is 1. The molecule has 9 nitrogen and oxygen atoms in total. The highest BCUT2D eigenvalue weighted by Gasteiger charge is 2.18. The van der Waals surface area contributed by atoms with E-state index in [9.17, 15) is 4.79 Å². The number of amides is 1. The molecule has 1 amide bonds. The molecule has 33 heavy (non-hydrogen) atoms. The second kappa shape index (κ2) is 9.93. The van der Waals surface area contributed by atoms with Crippen molar-refractivity contribution in [2.24, 2.45) is 0 Å². The molecular weight excluding hydrogens is 416 g/mol. The van der Waals surface area contributed by atoms with Crippen molar-refractivity contribution in [1.82, 2.24) is 25.6 Å². The normalized spacial score (nSPS) is 16.5. The lowest BCUT2D eigenvalue weighted by Gasteiger charge is -2.30. The second-order valence-corrected chi connectivity index (χ2v) is 8.11. The number of anilines is 3. The Hall–Kier alpha value is -3.56. The monoisotopic (exact) mass is 444 g/mol. The van der Waals surface area contributed by atoms with E-state index in [4.69, 9.17) is 4.98 Å². The van der Waals surface area contributed by atoms with Crippen LogP contribution in [0.25, 0.3) is 11.4 Å². The lowest BCUT2D eigenvalue weighted by atomic mass is 10.2. The molecule has 5 rings (SSSR count). The molecule has 170 valence electrons. The van der Waals surface area contributed by atoms with Crippen LogP contribution in [0.3, 0.4) is 0 Å². The summed E-state index contributed by atoms with van der Waals surface area (Å²) in [7, 11) is 0. The van der Waals surface area contributed by atoms with Gasteiger partial charge in [0.25, 0.3) is 5.91 Å². The van der Waals surface area contributed by atoms with Crippen molar-refractivity contribution in [2.45, 2.75) is 0 Å². The first-order valence-electron chi connectivity index (χ1n) is 11.4. The van der Waals surface area contributed by atoms with Gasteiger partial charge in [-0.25, -0.2) is 9.97 Å². The van der Waals surface area contributed by atoms with Gasteiger partial charge in [0.05, 0.1) is 29.0 Å².